The standard InChI is InChI=1S/C17H27N5O2/c1-11(13-10-18-22(6)12(13)2)19-14(23)8-7-9-15-20-16(21-24-15)17(3,4)5/h10-11H,7-9H2,1-6H3,(H,19,23)/t11-/m1/s1. The molecule has 2 aromatic heterocycles. The average Bonchev–Trinajstić information content (AvgIpc) is 3.07. The highest BCUT2D eigenvalue weighted by atomic mass is 16.5. The van der Waals surface area contributed by atoms with Gasteiger partial charge in [-0.1, -0.05) is 25.9 Å². The lowest BCUT2D eigenvalue weighted by Gasteiger charge is -2.13. The van der Waals surface area contributed by atoms with Crippen molar-refractivity contribution >= 4 is 5.91 Å². The van der Waals surface area contributed by atoms with E-state index >= 15 is 0 Å². The number of hydrogen-bond donors (Lipinski definition) is 1. The van der Waals surface area contributed by atoms with E-state index in [0.29, 0.717) is 31.0 Å². The molecule has 0 bridgehead atoms. The first-order valence-electron chi connectivity index (χ1n) is 8.29. The van der Waals surface area contributed by atoms with E-state index in [1.165, 1.54) is 0 Å². The second kappa shape index (κ2) is 7.15. The van der Waals surface area contributed by atoms with E-state index in [9.17, 15) is 4.79 Å². The lowest BCUT2D eigenvalue weighted by atomic mass is 9.96. The van der Waals surface area contributed by atoms with Gasteiger partial charge in [-0.3, -0.25) is 9.48 Å². The van der Waals surface area contributed by atoms with Crippen molar-refractivity contribution in [2.75, 3.05) is 0 Å². The van der Waals surface area contributed by atoms with Gasteiger partial charge in [0.15, 0.2) is 5.82 Å². The van der Waals surface area contributed by atoms with Crippen LogP contribution in [0.4, 0.5) is 0 Å². The maximum absolute atomic E-state index is 12.1. The molecule has 7 heteroatoms. The van der Waals surface area contributed by atoms with E-state index in [1.54, 1.807) is 10.9 Å². The van der Waals surface area contributed by atoms with Gasteiger partial charge >= 0.3 is 0 Å². The Morgan fingerprint density at radius 3 is 2.67 bits per heavy atom. The summed E-state index contributed by atoms with van der Waals surface area (Å²) in [6.45, 7) is 10.1. The number of amides is 1. The molecule has 24 heavy (non-hydrogen) atoms. The first-order valence-corrected chi connectivity index (χ1v) is 8.29. The Kier molecular flexibility index (Phi) is 5.41. The second-order valence-corrected chi connectivity index (χ2v) is 7.21. The van der Waals surface area contributed by atoms with Gasteiger partial charge in [0, 0.05) is 36.6 Å². The van der Waals surface area contributed by atoms with E-state index in [2.05, 4.69) is 20.6 Å². The lowest BCUT2D eigenvalue weighted by Crippen LogP contribution is -2.26. The Labute approximate surface area is 142 Å². The third-order valence-electron chi connectivity index (χ3n) is 4.05. The number of rotatable bonds is 6. The molecule has 2 rings (SSSR count). The van der Waals surface area contributed by atoms with E-state index in [0.717, 1.165) is 11.3 Å². The van der Waals surface area contributed by atoms with E-state index in [-0.39, 0.29) is 17.4 Å². The summed E-state index contributed by atoms with van der Waals surface area (Å²) >= 11 is 0. The molecule has 0 unspecified atom stereocenters. The van der Waals surface area contributed by atoms with Crippen LogP contribution in [0, 0.1) is 6.92 Å². The summed E-state index contributed by atoms with van der Waals surface area (Å²) in [6.07, 6.45) is 3.51. The number of nitrogens with zero attached hydrogens (tertiary/aromatic N) is 4. The molecule has 1 N–H and O–H groups in total. The zero-order chi connectivity index (χ0) is 17.9. The van der Waals surface area contributed by atoms with Crippen LogP contribution in [0.15, 0.2) is 10.7 Å². The van der Waals surface area contributed by atoms with Crippen molar-refractivity contribution in [3.05, 3.63) is 29.2 Å². The van der Waals surface area contributed by atoms with Gasteiger partial charge in [-0.25, -0.2) is 0 Å². The normalized spacial score (nSPS) is 13.1. The summed E-state index contributed by atoms with van der Waals surface area (Å²) in [5.74, 6) is 1.30. The van der Waals surface area contributed by atoms with Crippen LogP contribution in [0.1, 0.15) is 69.6 Å². The summed E-state index contributed by atoms with van der Waals surface area (Å²) in [4.78, 5) is 16.5. The van der Waals surface area contributed by atoms with Gasteiger partial charge < -0.3 is 9.84 Å². The summed E-state index contributed by atoms with van der Waals surface area (Å²) in [5.41, 5.74) is 1.97. The Morgan fingerprint density at radius 1 is 1.42 bits per heavy atom. The van der Waals surface area contributed by atoms with Gasteiger partial charge in [0.1, 0.15) is 0 Å². The highest BCUT2D eigenvalue weighted by Gasteiger charge is 2.21. The number of aryl methyl sites for hydroxylation is 2. The van der Waals surface area contributed by atoms with Crippen LogP contribution in [0.3, 0.4) is 0 Å². The zero-order valence-electron chi connectivity index (χ0n) is 15.4. The number of carbonyl (C=O) groups is 1. The second-order valence-electron chi connectivity index (χ2n) is 7.21. The van der Waals surface area contributed by atoms with E-state index in [4.69, 9.17) is 4.52 Å². The largest absolute Gasteiger partial charge is 0.349 e. The Morgan fingerprint density at radius 2 is 2.12 bits per heavy atom. The van der Waals surface area contributed by atoms with Crippen LogP contribution < -0.4 is 5.32 Å². The van der Waals surface area contributed by atoms with Crippen LogP contribution in [0.25, 0.3) is 0 Å². The molecule has 0 radical (unpaired) electrons. The molecule has 0 spiro atoms. The Hall–Kier alpha value is -2.18. The van der Waals surface area contributed by atoms with Crippen molar-refractivity contribution in [3.8, 4) is 0 Å². The summed E-state index contributed by atoms with van der Waals surface area (Å²) in [5, 5.41) is 11.2. The van der Waals surface area contributed by atoms with Crippen LogP contribution in [-0.4, -0.2) is 25.8 Å². The molecule has 0 aromatic carbocycles. The fourth-order valence-electron chi connectivity index (χ4n) is 2.39. The SMILES string of the molecule is Cc1c([C@@H](C)NC(=O)CCCc2nc(C(C)(C)C)no2)cnn1C. The smallest absolute Gasteiger partial charge is 0.226 e. The van der Waals surface area contributed by atoms with Crippen molar-refractivity contribution in [2.45, 2.75) is 65.3 Å². The molecule has 0 saturated carbocycles. The Bertz CT molecular complexity index is 696. The van der Waals surface area contributed by atoms with Crippen molar-refractivity contribution in [1.82, 2.24) is 25.2 Å². The highest BCUT2D eigenvalue weighted by molar-refractivity contribution is 5.76. The minimum absolute atomic E-state index is 0.0151. The maximum atomic E-state index is 12.1. The van der Waals surface area contributed by atoms with Crippen LogP contribution >= 0.6 is 0 Å². The monoisotopic (exact) mass is 333 g/mol. The predicted octanol–water partition coefficient (Wildman–Crippen LogP) is 2.61. The van der Waals surface area contributed by atoms with E-state index < -0.39 is 0 Å². The Balaban J connectivity index is 1.79. The van der Waals surface area contributed by atoms with Gasteiger partial charge in [-0.2, -0.15) is 10.1 Å². The molecule has 0 aliphatic carbocycles. The van der Waals surface area contributed by atoms with Crippen LogP contribution in [0.5, 0.6) is 0 Å². The lowest BCUT2D eigenvalue weighted by molar-refractivity contribution is -0.121. The van der Waals surface area contributed by atoms with Crippen molar-refractivity contribution in [1.29, 1.82) is 0 Å². The maximum Gasteiger partial charge on any atom is 0.226 e. The number of aromatic nitrogens is 4. The molecule has 1 atom stereocenters. The third kappa shape index (κ3) is 4.43. The quantitative estimate of drug-likeness (QED) is 0.878. The molecule has 2 aromatic rings. The first-order chi connectivity index (χ1) is 11.2. The fraction of sp³-hybridized carbons (Fsp3) is 0.647. The summed E-state index contributed by atoms with van der Waals surface area (Å²) in [6, 6.07) is -0.0536. The molecule has 0 saturated heterocycles. The number of hydrogen-bond acceptors (Lipinski definition) is 5. The van der Waals surface area contributed by atoms with E-state index in [1.807, 2.05) is 41.7 Å². The molecular weight excluding hydrogens is 306 g/mol. The number of nitrogens with one attached hydrogen (secondary N) is 1. The molecule has 2 heterocycles. The van der Waals surface area contributed by atoms with Crippen LogP contribution in [0.2, 0.25) is 0 Å². The molecule has 1 amide bonds. The molecule has 7 nitrogen and oxygen atoms in total. The molecular formula is C17H27N5O2. The zero-order valence-corrected chi connectivity index (χ0v) is 15.4. The first kappa shape index (κ1) is 18.2. The molecule has 0 aliphatic heterocycles. The highest BCUT2D eigenvalue weighted by Crippen LogP contribution is 2.19. The molecule has 132 valence electrons. The topological polar surface area (TPSA) is 85.8 Å². The van der Waals surface area contributed by atoms with Gasteiger partial charge in [0.25, 0.3) is 0 Å². The minimum Gasteiger partial charge on any atom is -0.349 e. The van der Waals surface area contributed by atoms with Crippen molar-refractivity contribution < 1.29 is 9.32 Å². The van der Waals surface area contributed by atoms with Gasteiger partial charge in [0.05, 0.1) is 12.2 Å². The summed E-state index contributed by atoms with van der Waals surface area (Å²) in [7, 11) is 1.89. The van der Waals surface area contributed by atoms with Gasteiger partial charge in [-0.05, 0) is 20.3 Å². The van der Waals surface area contributed by atoms with Crippen molar-refractivity contribution in [3.63, 3.8) is 0 Å². The third-order valence-corrected chi connectivity index (χ3v) is 4.05. The number of carbonyl (C=O) groups excluding carboxylic acids is 1. The minimum atomic E-state index is -0.129. The fourth-order valence-corrected chi connectivity index (χ4v) is 2.39. The van der Waals surface area contributed by atoms with Gasteiger partial charge in [-0.15, -0.1) is 0 Å². The van der Waals surface area contributed by atoms with Gasteiger partial charge in [0.2, 0.25) is 11.8 Å². The summed E-state index contributed by atoms with van der Waals surface area (Å²) < 4.78 is 7.04. The predicted molar refractivity (Wildman–Crippen MR) is 90.4 cm³/mol. The molecule has 0 fully saturated rings. The van der Waals surface area contributed by atoms with Crippen LogP contribution in [-0.2, 0) is 23.7 Å². The molecule has 0 aliphatic rings. The average molecular weight is 333 g/mol. The van der Waals surface area contributed by atoms with Crippen molar-refractivity contribution in [2.24, 2.45) is 7.05 Å².